The van der Waals surface area contributed by atoms with Gasteiger partial charge in [-0.15, -0.1) is 0 Å². The van der Waals surface area contributed by atoms with E-state index in [0.29, 0.717) is 18.8 Å². The second-order valence-electron chi connectivity index (χ2n) is 8.18. The molecule has 150 valence electrons. The lowest BCUT2D eigenvalue weighted by molar-refractivity contribution is -0.124. The van der Waals surface area contributed by atoms with E-state index >= 15 is 0 Å². The van der Waals surface area contributed by atoms with Crippen molar-refractivity contribution < 1.29 is 9.53 Å². The number of Topliss-reactive ketones (excluding diaryl/α,β-unsaturated/α-hetero) is 1. The van der Waals surface area contributed by atoms with Crippen molar-refractivity contribution in [3.8, 4) is 0 Å². The molecule has 1 atom stereocenters. The minimum absolute atomic E-state index is 0.230. The highest BCUT2D eigenvalue weighted by atomic mass is 16.5. The lowest BCUT2D eigenvalue weighted by Crippen LogP contribution is -2.33. The molecule has 2 heteroatoms. The Morgan fingerprint density at radius 2 is 1.61 bits per heavy atom. The standard InChI is InChI=1S/C26H34O2/c1-2-12-24(28-21-22-13-5-3-6-14-22)17-11-18-25(27)26(19-9-10-20-26)23-15-7-4-8-16-23/h3-8,13-16,24H,2,9-12,17-21H2,1H3. The van der Waals surface area contributed by atoms with Crippen LogP contribution < -0.4 is 0 Å². The first-order valence-corrected chi connectivity index (χ1v) is 11.0. The highest BCUT2D eigenvalue weighted by Gasteiger charge is 2.41. The lowest BCUT2D eigenvalue weighted by Gasteiger charge is -2.28. The van der Waals surface area contributed by atoms with Gasteiger partial charge in [0.05, 0.1) is 18.1 Å². The van der Waals surface area contributed by atoms with Gasteiger partial charge < -0.3 is 4.74 Å². The average molecular weight is 379 g/mol. The fraction of sp³-hybridized carbons (Fsp3) is 0.500. The zero-order valence-electron chi connectivity index (χ0n) is 17.2. The molecule has 1 fully saturated rings. The number of hydrogen-bond acceptors (Lipinski definition) is 2. The normalized spacial score (nSPS) is 16.8. The minimum Gasteiger partial charge on any atom is -0.374 e. The largest absolute Gasteiger partial charge is 0.374 e. The molecular formula is C26H34O2. The van der Waals surface area contributed by atoms with Gasteiger partial charge >= 0.3 is 0 Å². The topological polar surface area (TPSA) is 26.3 Å². The van der Waals surface area contributed by atoms with Crippen molar-refractivity contribution in [3.63, 3.8) is 0 Å². The van der Waals surface area contributed by atoms with Crippen LogP contribution in [0.4, 0.5) is 0 Å². The molecule has 0 heterocycles. The molecule has 0 aliphatic heterocycles. The van der Waals surface area contributed by atoms with Gasteiger partial charge in [-0.3, -0.25) is 4.79 Å². The van der Waals surface area contributed by atoms with Crippen LogP contribution in [0, 0.1) is 0 Å². The fourth-order valence-electron chi connectivity index (χ4n) is 4.62. The molecule has 1 aliphatic rings. The van der Waals surface area contributed by atoms with Gasteiger partial charge in [-0.25, -0.2) is 0 Å². The van der Waals surface area contributed by atoms with Crippen molar-refractivity contribution in [3.05, 3.63) is 71.8 Å². The average Bonchev–Trinajstić information content (AvgIpc) is 3.25. The Morgan fingerprint density at radius 1 is 0.964 bits per heavy atom. The Labute approximate surface area is 170 Å². The van der Waals surface area contributed by atoms with Crippen LogP contribution in [0.5, 0.6) is 0 Å². The number of ether oxygens (including phenoxy) is 1. The second-order valence-corrected chi connectivity index (χ2v) is 8.18. The first-order chi connectivity index (χ1) is 13.7. The van der Waals surface area contributed by atoms with Gasteiger partial charge in [0.2, 0.25) is 0 Å². The van der Waals surface area contributed by atoms with E-state index in [1.807, 2.05) is 12.1 Å². The van der Waals surface area contributed by atoms with Crippen LogP contribution in [0.3, 0.4) is 0 Å². The Kier molecular flexibility index (Phi) is 7.85. The summed E-state index contributed by atoms with van der Waals surface area (Å²) in [5, 5.41) is 0. The van der Waals surface area contributed by atoms with Crippen LogP contribution >= 0.6 is 0 Å². The second kappa shape index (κ2) is 10.6. The number of rotatable bonds is 11. The molecule has 1 unspecified atom stereocenters. The molecule has 0 amide bonds. The Morgan fingerprint density at radius 3 is 2.25 bits per heavy atom. The van der Waals surface area contributed by atoms with E-state index in [-0.39, 0.29) is 11.5 Å². The predicted molar refractivity (Wildman–Crippen MR) is 115 cm³/mol. The molecule has 0 N–H and O–H groups in total. The first-order valence-electron chi connectivity index (χ1n) is 11.0. The Balaban J connectivity index is 1.53. The smallest absolute Gasteiger partial charge is 0.143 e. The van der Waals surface area contributed by atoms with Gasteiger partial charge in [-0.2, -0.15) is 0 Å². The van der Waals surface area contributed by atoms with E-state index in [2.05, 4.69) is 55.5 Å². The van der Waals surface area contributed by atoms with Gasteiger partial charge in [0.25, 0.3) is 0 Å². The van der Waals surface area contributed by atoms with E-state index in [1.54, 1.807) is 0 Å². The number of carbonyl (C=O) groups is 1. The summed E-state index contributed by atoms with van der Waals surface area (Å²) >= 11 is 0. The quantitative estimate of drug-likeness (QED) is 0.439. The maximum absolute atomic E-state index is 13.2. The molecule has 2 aromatic carbocycles. The van der Waals surface area contributed by atoms with E-state index in [9.17, 15) is 4.79 Å². The molecule has 28 heavy (non-hydrogen) atoms. The van der Waals surface area contributed by atoms with Gasteiger partial charge in [-0.05, 0) is 43.2 Å². The van der Waals surface area contributed by atoms with Crippen molar-refractivity contribution in [1.29, 1.82) is 0 Å². The molecule has 0 saturated heterocycles. The molecule has 1 saturated carbocycles. The summed E-state index contributed by atoms with van der Waals surface area (Å²) in [6, 6.07) is 20.8. The molecule has 3 rings (SSSR count). The molecule has 2 aromatic rings. The third kappa shape index (κ3) is 5.32. The number of benzene rings is 2. The zero-order chi connectivity index (χ0) is 19.7. The van der Waals surface area contributed by atoms with Crippen molar-refractivity contribution in [2.45, 2.75) is 82.8 Å². The minimum atomic E-state index is -0.230. The van der Waals surface area contributed by atoms with E-state index in [1.165, 1.54) is 24.0 Å². The summed E-state index contributed by atoms with van der Waals surface area (Å²) in [6.07, 6.45) is 9.34. The van der Waals surface area contributed by atoms with Crippen molar-refractivity contribution in [1.82, 2.24) is 0 Å². The third-order valence-electron chi connectivity index (χ3n) is 6.19. The SMILES string of the molecule is CCCC(CCCC(=O)C1(c2ccccc2)CCCC1)OCc1ccccc1. The van der Waals surface area contributed by atoms with E-state index in [0.717, 1.165) is 38.5 Å². The maximum atomic E-state index is 13.2. The van der Waals surface area contributed by atoms with Gasteiger partial charge in [0.15, 0.2) is 0 Å². The van der Waals surface area contributed by atoms with Crippen LogP contribution in [0.15, 0.2) is 60.7 Å². The van der Waals surface area contributed by atoms with Crippen LogP contribution in [0.25, 0.3) is 0 Å². The number of ketones is 1. The fourth-order valence-corrected chi connectivity index (χ4v) is 4.62. The molecular weight excluding hydrogens is 344 g/mol. The van der Waals surface area contributed by atoms with E-state index in [4.69, 9.17) is 4.74 Å². The Hall–Kier alpha value is -1.93. The van der Waals surface area contributed by atoms with Gasteiger partial charge in [-0.1, -0.05) is 86.8 Å². The number of carbonyl (C=O) groups excluding carboxylic acids is 1. The van der Waals surface area contributed by atoms with Crippen LogP contribution in [0.2, 0.25) is 0 Å². The summed E-state index contributed by atoms with van der Waals surface area (Å²) in [5.74, 6) is 0.439. The number of hydrogen-bond donors (Lipinski definition) is 0. The maximum Gasteiger partial charge on any atom is 0.143 e. The monoisotopic (exact) mass is 378 g/mol. The predicted octanol–water partition coefficient (Wildman–Crippen LogP) is 6.62. The Bertz CT molecular complexity index is 702. The van der Waals surface area contributed by atoms with Crippen molar-refractivity contribution >= 4 is 5.78 Å². The highest BCUT2D eigenvalue weighted by Crippen LogP contribution is 2.43. The van der Waals surface area contributed by atoms with E-state index < -0.39 is 0 Å². The zero-order valence-corrected chi connectivity index (χ0v) is 17.2. The summed E-state index contributed by atoms with van der Waals surface area (Å²) in [4.78, 5) is 13.2. The summed E-state index contributed by atoms with van der Waals surface area (Å²) < 4.78 is 6.17. The molecule has 1 aliphatic carbocycles. The molecule has 0 bridgehead atoms. The third-order valence-corrected chi connectivity index (χ3v) is 6.19. The van der Waals surface area contributed by atoms with Crippen molar-refractivity contribution in [2.24, 2.45) is 0 Å². The molecule has 0 spiro atoms. The summed E-state index contributed by atoms with van der Waals surface area (Å²) in [7, 11) is 0. The van der Waals surface area contributed by atoms with Gasteiger partial charge in [0, 0.05) is 6.42 Å². The summed E-state index contributed by atoms with van der Waals surface area (Å²) in [5.41, 5.74) is 2.21. The van der Waals surface area contributed by atoms with Crippen LogP contribution in [-0.4, -0.2) is 11.9 Å². The van der Waals surface area contributed by atoms with Crippen LogP contribution in [0.1, 0.15) is 75.8 Å². The highest BCUT2D eigenvalue weighted by molar-refractivity contribution is 5.90. The molecule has 0 radical (unpaired) electrons. The molecule has 2 nitrogen and oxygen atoms in total. The van der Waals surface area contributed by atoms with Crippen molar-refractivity contribution in [2.75, 3.05) is 0 Å². The van der Waals surface area contributed by atoms with Crippen LogP contribution in [-0.2, 0) is 21.6 Å². The van der Waals surface area contributed by atoms with Gasteiger partial charge in [0.1, 0.15) is 5.78 Å². The lowest BCUT2D eigenvalue weighted by atomic mass is 9.74. The first kappa shape index (κ1) is 20.8. The molecule has 0 aromatic heterocycles. The summed E-state index contributed by atoms with van der Waals surface area (Å²) in [6.45, 7) is 2.86.